The summed E-state index contributed by atoms with van der Waals surface area (Å²) in [4.78, 5) is 12.2. The van der Waals surface area contributed by atoms with E-state index >= 15 is 0 Å². The third kappa shape index (κ3) is 4.22. The summed E-state index contributed by atoms with van der Waals surface area (Å²) in [5, 5.41) is 3.25. The molecule has 1 aliphatic carbocycles. The van der Waals surface area contributed by atoms with Gasteiger partial charge in [0.05, 0.1) is 6.61 Å². The molecule has 0 bridgehead atoms. The van der Waals surface area contributed by atoms with Crippen molar-refractivity contribution in [3.05, 3.63) is 0 Å². The summed E-state index contributed by atoms with van der Waals surface area (Å²) in [7, 11) is 0. The van der Waals surface area contributed by atoms with Crippen molar-refractivity contribution in [3.8, 4) is 6.01 Å². The van der Waals surface area contributed by atoms with Crippen LogP contribution >= 0.6 is 0 Å². The molecule has 0 atom stereocenters. The highest BCUT2D eigenvalue weighted by Gasteiger charge is 2.18. The standard InChI is InChI=1S/C13H23N5O/c1-3-19-13-17-11(14)16-12(18-13)15-8-10-6-4-9(2)5-7-10/h9-10H,3-8H2,1-2H3,(H3,14,15,16,17,18). The highest BCUT2D eigenvalue weighted by atomic mass is 16.5. The van der Waals surface area contributed by atoms with Crippen LogP contribution in [0.5, 0.6) is 6.01 Å². The normalized spacial score (nSPS) is 23.1. The molecule has 3 N–H and O–H groups in total. The molecule has 0 aliphatic heterocycles. The number of nitrogens with one attached hydrogen (secondary N) is 1. The van der Waals surface area contributed by atoms with Crippen molar-refractivity contribution < 1.29 is 4.74 Å². The van der Waals surface area contributed by atoms with Crippen molar-refractivity contribution >= 4 is 11.9 Å². The van der Waals surface area contributed by atoms with Gasteiger partial charge in [-0.05, 0) is 31.6 Å². The molecule has 0 unspecified atom stereocenters. The number of rotatable bonds is 5. The van der Waals surface area contributed by atoms with Gasteiger partial charge in [0.25, 0.3) is 0 Å². The highest BCUT2D eigenvalue weighted by molar-refractivity contribution is 5.32. The zero-order valence-electron chi connectivity index (χ0n) is 11.7. The molecule has 19 heavy (non-hydrogen) atoms. The van der Waals surface area contributed by atoms with Crippen molar-refractivity contribution in [1.29, 1.82) is 0 Å². The van der Waals surface area contributed by atoms with Crippen LogP contribution in [0.1, 0.15) is 39.5 Å². The average Bonchev–Trinajstić information content (AvgIpc) is 2.38. The summed E-state index contributed by atoms with van der Waals surface area (Å²) >= 11 is 0. The number of aromatic nitrogens is 3. The quantitative estimate of drug-likeness (QED) is 0.847. The van der Waals surface area contributed by atoms with Crippen molar-refractivity contribution in [2.75, 3.05) is 24.2 Å². The number of nitrogens with two attached hydrogens (primary N) is 1. The predicted molar refractivity (Wildman–Crippen MR) is 75.0 cm³/mol. The number of anilines is 2. The SMILES string of the molecule is CCOc1nc(N)nc(NCC2CCC(C)CC2)n1. The van der Waals surface area contributed by atoms with Crippen LogP contribution in [0, 0.1) is 11.8 Å². The Hall–Kier alpha value is -1.59. The maximum atomic E-state index is 5.63. The van der Waals surface area contributed by atoms with Crippen LogP contribution in [0.4, 0.5) is 11.9 Å². The Morgan fingerprint density at radius 3 is 2.63 bits per heavy atom. The molecule has 2 rings (SSSR count). The molecule has 1 fully saturated rings. The molecule has 1 aromatic heterocycles. The largest absolute Gasteiger partial charge is 0.464 e. The molecular formula is C13H23N5O. The third-order valence-corrected chi connectivity index (χ3v) is 3.59. The van der Waals surface area contributed by atoms with Gasteiger partial charge in [-0.1, -0.05) is 19.8 Å². The molecule has 0 saturated heterocycles. The lowest BCUT2D eigenvalue weighted by molar-refractivity contribution is 0.299. The van der Waals surface area contributed by atoms with E-state index in [1.54, 1.807) is 0 Å². The Bertz CT molecular complexity index is 404. The summed E-state index contributed by atoms with van der Waals surface area (Å²) in [6.45, 7) is 5.62. The van der Waals surface area contributed by atoms with Crippen LogP contribution < -0.4 is 15.8 Å². The number of nitrogen functional groups attached to an aromatic ring is 1. The molecule has 106 valence electrons. The molecule has 1 saturated carbocycles. The lowest BCUT2D eigenvalue weighted by Crippen LogP contribution is -2.21. The van der Waals surface area contributed by atoms with Crippen LogP contribution in [-0.4, -0.2) is 28.1 Å². The zero-order chi connectivity index (χ0) is 13.7. The van der Waals surface area contributed by atoms with Crippen LogP contribution in [-0.2, 0) is 0 Å². The number of nitrogens with zero attached hydrogens (tertiary/aromatic N) is 3. The van der Waals surface area contributed by atoms with E-state index in [4.69, 9.17) is 10.5 Å². The fourth-order valence-corrected chi connectivity index (χ4v) is 2.41. The molecule has 0 amide bonds. The molecule has 0 spiro atoms. The van der Waals surface area contributed by atoms with E-state index in [0.29, 0.717) is 18.5 Å². The summed E-state index contributed by atoms with van der Waals surface area (Å²) in [6, 6.07) is 0.287. The Morgan fingerprint density at radius 2 is 1.95 bits per heavy atom. The molecule has 6 heteroatoms. The molecular weight excluding hydrogens is 242 g/mol. The number of hydrogen-bond donors (Lipinski definition) is 2. The summed E-state index contributed by atoms with van der Waals surface area (Å²) < 4.78 is 5.25. The van der Waals surface area contributed by atoms with Crippen LogP contribution in [0.25, 0.3) is 0 Å². The molecule has 1 aromatic rings. The lowest BCUT2D eigenvalue weighted by Gasteiger charge is -2.26. The van der Waals surface area contributed by atoms with E-state index in [0.717, 1.165) is 12.5 Å². The van der Waals surface area contributed by atoms with E-state index in [2.05, 4.69) is 27.2 Å². The molecule has 1 aliphatic rings. The van der Waals surface area contributed by atoms with Gasteiger partial charge in [-0.2, -0.15) is 15.0 Å². The minimum Gasteiger partial charge on any atom is -0.464 e. The van der Waals surface area contributed by atoms with Crippen molar-refractivity contribution in [3.63, 3.8) is 0 Å². The van der Waals surface area contributed by atoms with Crippen LogP contribution in [0.15, 0.2) is 0 Å². The Morgan fingerprint density at radius 1 is 1.21 bits per heavy atom. The lowest BCUT2D eigenvalue weighted by atomic mass is 9.83. The van der Waals surface area contributed by atoms with Gasteiger partial charge in [-0.3, -0.25) is 0 Å². The topological polar surface area (TPSA) is 86.0 Å². The van der Waals surface area contributed by atoms with Gasteiger partial charge >= 0.3 is 6.01 Å². The zero-order valence-corrected chi connectivity index (χ0v) is 11.7. The van der Waals surface area contributed by atoms with Crippen LogP contribution in [0.3, 0.4) is 0 Å². The van der Waals surface area contributed by atoms with E-state index in [-0.39, 0.29) is 12.0 Å². The van der Waals surface area contributed by atoms with Crippen molar-refractivity contribution in [2.24, 2.45) is 11.8 Å². The van der Waals surface area contributed by atoms with Gasteiger partial charge in [-0.15, -0.1) is 0 Å². The first kappa shape index (κ1) is 13.8. The second kappa shape index (κ2) is 6.54. The predicted octanol–water partition coefficient (Wildman–Crippen LogP) is 2.09. The Kier molecular flexibility index (Phi) is 4.76. The first-order valence-electron chi connectivity index (χ1n) is 7.05. The fourth-order valence-electron chi connectivity index (χ4n) is 2.41. The van der Waals surface area contributed by atoms with Gasteiger partial charge < -0.3 is 15.8 Å². The maximum absolute atomic E-state index is 5.63. The van der Waals surface area contributed by atoms with Crippen molar-refractivity contribution in [1.82, 2.24) is 15.0 Å². The molecule has 0 radical (unpaired) electrons. The number of ether oxygens (including phenoxy) is 1. The fraction of sp³-hybridized carbons (Fsp3) is 0.769. The first-order valence-corrected chi connectivity index (χ1v) is 7.05. The second-order valence-corrected chi connectivity index (χ2v) is 5.24. The maximum Gasteiger partial charge on any atom is 0.323 e. The number of hydrogen-bond acceptors (Lipinski definition) is 6. The van der Waals surface area contributed by atoms with E-state index in [1.165, 1.54) is 25.7 Å². The van der Waals surface area contributed by atoms with Gasteiger partial charge in [0, 0.05) is 6.54 Å². The third-order valence-electron chi connectivity index (χ3n) is 3.59. The van der Waals surface area contributed by atoms with E-state index in [1.807, 2.05) is 6.92 Å². The minimum absolute atomic E-state index is 0.193. The minimum atomic E-state index is 0.193. The molecule has 0 aromatic carbocycles. The van der Waals surface area contributed by atoms with E-state index in [9.17, 15) is 0 Å². The van der Waals surface area contributed by atoms with Crippen molar-refractivity contribution in [2.45, 2.75) is 39.5 Å². The van der Waals surface area contributed by atoms with Gasteiger partial charge in [0.2, 0.25) is 11.9 Å². The molecule has 1 heterocycles. The van der Waals surface area contributed by atoms with E-state index < -0.39 is 0 Å². The highest BCUT2D eigenvalue weighted by Crippen LogP contribution is 2.28. The van der Waals surface area contributed by atoms with Gasteiger partial charge in [0.15, 0.2) is 0 Å². The summed E-state index contributed by atoms with van der Waals surface area (Å²) in [5.74, 6) is 2.27. The van der Waals surface area contributed by atoms with Gasteiger partial charge in [-0.25, -0.2) is 0 Å². The monoisotopic (exact) mass is 265 g/mol. The average molecular weight is 265 g/mol. The Balaban J connectivity index is 1.88. The Labute approximate surface area is 114 Å². The summed E-state index contributed by atoms with van der Waals surface area (Å²) in [6.07, 6.45) is 5.17. The first-order chi connectivity index (χ1) is 9.17. The summed E-state index contributed by atoms with van der Waals surface area (Å²) in [5.41, 5.74) is 5.63. The molecule has 6 nitrogen and oxygen atoms in total. The van der Waals surface area contributed by atoms with Crippen LogP contribution in [0.2, 0.25) is 0 Å². The van der Waals surface area contributed by atoms with Gasteiger partial charge in [0.1, 0.15) is 0 Å². The smallest absolute Gasteiger partial charge is 0.323 e. The second-order valence-electron chi connectivity index (χ2n) is 5.24.